The number of carbonyl (C=O) groups is 1. The monoisotopic (exact) mass is 273 g/mol. The fraction of sp³-hybridized carbons (Fsp3) is 0.545. The number of thiophene rings is 1. The first-order valence-corrected chi connectivity index (χ1v) is 8.33. The van der Waals surface area contributed by atoms with Crippen molar-refractivity contribution < 1.29 is 13.2 Å². The minimum absolute atomic E-state index is 0.0594. The Hall–Kier alpha value is -0.880. The molecule has 1 aliphatic heterocycles. The first kappa shape index (κ1) is 12.6. The van der Waals surface area contributed by atoms with Gasteiger partial charge in [-0.15, -0.1) is 0 Å². The SMILES string of the molecule is CCN(C(=O)c1ccsc1)C1CCS(=O)(=O)C1. The van der Waals surface area contributed by atoms with Crippen LogP contribution < -0.4 is 0 Å². The molecule has 1 saturated heterocycles. The number of hydrogen-bond donors (Lipinski definition) is 0. The Bertz CT molecular complexity index is 493. The van der Waals surface area contributed by atoms with E-state index in [4.69, 9.17) is 0 Å². The van der Waals surface area contributed by atoms with Crippen molar-refractivity contribution in [1.29, 1.82) is 0 Å². The highest BCUT2D eigenvalue weighted by molar-refractivity contribution is 7.91. The number of sulfone groups is 1. The second-order valence-corrected chi connectivity index (χ2v) is 7.17. The van der Waals surface area contributed by atoms with Gasteiger partial charge in [-0.3, -0.25) is 4.79 Å². The topological polar surface area (TPSA) is 54.5 Å². The molecule has 0 saturated carbocycles. The predicted octanol–water partition coefficient (Wildman–Crippen LogP) is 1.40. The Labute approximate surface area is 105 Å². The lowest BCUT2D eigenvalue weighted by Crippen LogP contribution is -2.40. The van der Waals surface area contributed by atoms with Gasteiger partial charge >= 0.3 is 0 Å². The molecule has 1 aromatic heterocycles. The molecule has 1 aromatic rings. The van der Waals surface area contributed by atoms with Gasteiger partial charge in [0.25, 0.3) is 5.91 Å². The van der Waals surface area contributed by atoms with Crippen LogP contribution in [-0.2, 0) is 9.84 Å². The summed E-state index contributed by atoms with van der Waals surface area (Å²) in [4.78, 5) is 13.8. The van der Waals surface area contributed by atoms with E-state index < -0.39 is 9.84 Å². The maximum Gasteiger partial charge on any atom is 0.254 e. The maximum absolute atomic E-state index is 12.2. The maximum atomic E-state index is 12.2. The molecular weight excluding hydrogens is 258 g/mol. The first-order chi connectivity index (χ1) is 8.03. The predicted molar refractivity (Wildman–Crippen MR) is 68.1 cm³/mol. The summed E-state index contributed by atoms with van der Waals surface area (Å²) >= 11 is 1.47. The second kappa shape index (κ2) is 4.78. The fourth-order valence-electron chi connectivity index (χ4n) is 2.14. The van der Waals surface area contributed by atoms with Gasteiger partial charge in [0.1, 0.15) is 0 Å². The third kappa shape index (κ3) is 2.69. The van der Waals surface area contributed by atoms with Crippen molar-refractivity contribution in [3.63, 3.8) is 0 Å². The van der Waals surface area contributed by atoms with Crippen LogP contribution in [0.15, 0.2) is 16.8 Å². The van der Waals surface area contributed by atoms with Crippen molar-refractivity contribution in [2.45, 2.75) is 19.4 Å². The van der Waals surface area contributed by atoms with E-state index in [1.54, 1.807) is 16.3 Å². The van der Waals surface area contributed by atoms with Gasteiger partial charge in [-0.25, -0.2) is 8.42 Å². The lowest BCUT2D eigenvalue weighted by Gasteiger charge is -2.26. The van der Waals surface area contributed by atoms with Crippen LogP contribution in [0.2, 0.25) is 0 Å². The summed E-state index contributed by atoms with van der Waals surface area (Å²) in [5.41, 5.74) is 0.654. The van der Waals surface area contributed by atoms with Crippen molar-refractivity contribution >= 4 is 27.1 Å². The standard InChI is InChI=1S/C11H15NO3S2/c1-2-12(10-4-6-17(14,15)8-10)11(13)9-3-5-16-7-9/h3,5,7,10H,2,4,6,8H2,1H3. The number of rotatable bonds is 3. The molecule has 2 rings (SSSR count). The number of nitrogens with zero attached hydrogens (tertiary/aromatic N) is 1. The normalized spacial score (nSPS) is 22.5. The summed E-state index contributed by atoms with van der Waals surface area (Å²) in [5, 5.41) is 3.65. The highest BCUT2D eigenvalue weighted by Gasteiger charge is 2.34. The zero-order chi connectivity index (χ0) is 12.5. The first-order valence-electron chi connectivity index (χ1n) is 5.57. The van der Waals surface area contributed by atoms with E-state index >= 15 is 0 Å². The molecule has 1 atom stereocenters. The van der Waals surface area contributed by atoms with Gasteiger partial charge in [-0.05, 0) is 24.8 Å². The minimum atomic E-state index is -2.94. The summed E-state index contributed by atoms with van der Waals surface area (Å²) in [6.45, 7) is 2.43. The molecule has 0 aliphatic carbocycles. The largest absolute Gasteiger partial charge is 0.335 e. The van der Waals surface area contributed by atoms with Gasteiger partial charge < -0.3 is 4.90 Å². The average molecular weight is 273 g/mol. The van der Waals surface area contributed by atoms with E-state index in [-0.39, 0.29) is 23.5 Å². The van der Waals surface area contributed by atoms with Crippen molar-refractivity contribution in [2.75, 3.05) is 18.1 Å². The summed E-state index contributed by atoms with van der Waals surface area (Å²) in [6, 6.07) is 1.62. The van der Waals surface area contributed by atoms with E-state index in [0.29, 0.717) is 18.5 Å². The molecule has 4 nitrogen and oxygen atoms in total. The Morgan fingerprint density at radius 1 is 1.59 bits per heavy atom. The molecule has 2 heterocycles. The van der Waals surface area contributed by atoms with Crippen LogP contribution in [0.5, 0.6) is 0 Å². The molecule has 6 heteroatoms. The Morgan fingerprint density at radius 2 is 2.35 bits per heavy atom. The van der Waals surface area contributed by atoms with Crippen LogP contribution in [0.1, 0.15) is 23.7 Å². The van der Waals surface area contributed by atoms with Crippen LogP contribution in [-0.4, -0.2) is 43.3 Å². The van der Waals surface area contributed by atoms with E-state index in [9.17, 15) is 13.2 Å². The zero-order valence-electron chi connectivity index (χ0n) is 9.63. The quantitative estimate of drug-likeness (QED) is 0.836. The number of amides is 1. The summed E-state index contributed by atoms with van der Waals surface area (Å²) in [7, 11) is -2.94. The minimum Gasteiger partial charge on any atom is -0.335 e. The molecule has 1 amide bonds. The third-order valence-corrected chi connectivity index (χ3v) is 5.45. The molecule has 0 radical (unpaired) electrons. The smallest absolute Gasteiger partial charge is 0.254 e. The van der Waals surface area contributed by atoms with Crippen LogP contribution in [0.3, 0.4) is 0 Å². The summed E-state index contributed by atoms with van der Waals surface area (Å²) in [5.74, 6) is 0.248. The Kier molecular flexibility index (Phi) is 3.53. The molecule has 0 N–H and O–H groups in total. The van der Waals surface area contributed by atoms with Crippen LogP contribution in [0.25, 0.3) is 0 Å². The molecule has 0 aromatic carbocycles. The lowest BCUT2D eigenvalue weighted by atomic mass is 10.2. The zero-order valence-corrected chi connectivity index (χ0v) is 11.3. The average Bonchev–Trinajstić information content (AvgIpc) is 2.88. The summed E-state index contributed by atoms with van der Waals surface area (Å²) in [6.07, 6.45) is 0.562. The van der Waals surface area contributed by atoms with Crippen LogP contribution in [0, 0.1) is 0 Å². The molecule has 94 valence electrons. The van der Waals surface area contributed by atoms with Crippen LogP contribution in [0.4, 0.5) is 0 Å². The van der Waals surface area contributed by atoms with E-state index in [2.05, 4.69) is 0 Å². The van der Waals surface area contributed by atoms with Gasteiger partial charge in [0.2, 0.25) is 0 Å². The fourth-order valence-corrected chi connectivity index (χ4v) is 4.50. The van der Waals surface area contributed by atoms with Gasteiger partial charge in [0.05, 0.1) is 17.1 Å². The van der Waals surface area contributed by atoms with E-state index in [1.165, 1.54) is 11.3 Å². The summed E-state index contributed by atoms with van der Waals surface area (Å²) < 4.78 is 22.9. The molecule has 1 aliphatic rings. The van der Waals surface area contributed by atoms with Crippen LogP contribution >= 0.6 is 11.3 Å². The van der Waals surface area contributed by atoms with E-state index in [0.717, 1.165) is 0 Å². The molecule has 1 fully saturated rings. The third-order valence-electron chi connectivity index (χ3n) is 3.02. The lowest BCUT2D eigenvalue weighted by molar-refractivity contribution is 0.0709. The highest BCUT2D eigenvalue weighted by Crippen LogP contribution is 2.20. The van der Waals surface area contributed by atoms with Gasteiger partial charge in [0, 0.05) is 18.0 Å². The van der Waals surface area contributed by atoms with Gasteiger partial charge in [-0.1, -0.05) is 0 Å². The Morgan fingerprint density at radius 3 is 2.82 bits per heavy atom. The molecule has 0 bridgehead atoms. The van der Waals surface area contributed by atoms with Crippen molar-refractivity contribution in [1.82, 2.24) is 4.90 Å². The van der Waals surface area contributed by atoms with Gasteiger partial charge in [0.15, 0.2) is 9.84 Å². The molecule has 0 spiro atoms. The van der Waals surface area contributed by atoms with Gasteiger partial charge in [-0.2, -0.15) is 11.3 Å². The Balaban J connectivity index is 2.15. The second-order valence-electron chi connectivity index (χ2n) is 4.16. The van der Waals surface area contributed by atoms with Crippen molar-refractivity contribution in [2.24, 2.45) is 0 Å². The molecular formula is C11H15NO3S2. The van der Waals surface area contributed by atoms with Crippen molar-refractivity contribution in [3.05, 3.63) is 22.4 Å². The number of carbonyl (C=O) groups excluding carboxylic acids is 1. The number of hydrogen-bond acceptors (Lipinski definition) is 4. The van der Waals surface area contributed by atoms with Crippen molar-refractivity contribution in [3.8, 4) is 0 Å². The molecule has 17 heavy (non-hydrogen) atoms. The molecule has 1 unspecified atom stereocenters. The van der Waals surface area contributed by atoms with E-state index in [1.807, 2.05) is 12.3 Å². The highest BCUT2D eigenvalue weighted by atomic mass is 32.2.